The molecule has 1 N–H and O–H groups in total. The van der Waals surface area contributed by atoms with Crippen LogP contribution in [0.2, 0.25) is 5.02 Å². The smallest absolute Gasteiger partial charge is 0.0950 e. The molecule has 20 heavy (non-hydrogen) atoms. The monoisotopic (exact) mass is 295 g/mol. The predicted octanol–water partition coefficient (Wildman–Crippen LogP) is 2.35. The van der Waals surface area contributed by atoms with Crippen molar-refractivity contribution in [3.63, 3.8) is 0 Å². The quantitative estimate of drug-likeness (QED) is 0.929. The summed E-state index contributed by atoms with van der Waals surface area (Å²) in [7, 11) is 0. The first-order valence-electron chi connectivity index (χ1n) is 7.46. The topological polar surface area (TPSA) is 32.7 Å². The van der Waals surface area contributed by atoms with Crippen molar-refractivity contribution in [3.05, 3.63) is 34.9 Å². The summed E-state index contributed by atoms with van der Waals surface area (Å²) in [6.45, 7) is 3.32. The minimum atomic E-state index is -0.303. The lowest BCUT2D eigenvalue weighted by molar-refractivity contribution is 0.0587. The lowest BCUT2D eigenvalue weighted by Gasteiger charge is -2.36. The van der Waals surface area contributed by atoms with Gasteiger partial charge in [-0.2, -0.15) is 0 Å². The van der Waals surface area contributed by atoms with E-state index in [1.54, 1.807) is 0 Å². The average molecular weight is 296 g/mol. The van der Waals surface area contributed by atoms with Crippen molar-refractivity contribution in [2.75, 3.05) is 26.3 Å². The van der Waals surface area contributed by atoms with Crippen LogP contribution in [0.25, 0.3) is 0 Å². The van der Waals surface area contributed by atoms with Crippen LogP contribution in [0.5, 0.6) is 0 Å². The summed E-state index contributed by atoms with van der Waals surface area (Å²) in [6.07, 6.45) is 3.23. The number of hydrogen-bond donors (Lipinski definition) is 1. The minimum Gasteiger partial charge on any atom is -0.389 e. The van der Waals surface area contributed by atoms with Gasteiger partial charge in [0.25, 0.3) is 0 Å². The SMILES string of the molecule is OC1COCC1N1CCC(Cc2ccc(Cl)cc2)CC1. The predicted molar refractivity (Wildman–Crippen MR) is 80.1 cm³/mol. The van der Waals surface area contributed by atoms with Gasteiger partial charge < -0.3 is 9.84 Å². The van der Waals surface area contributed by atoms with E-state index in [1.165, 1.54) is 18.4 Å². The highest BCUT2D eigenvalue weighted by Gasteiger charge is 2.33. The highest BCUT2D eigenvalue weighted by Crippen LogP contribution is 2.25. The number of halogens is 1. The zero-order valence-electron chi connectivity index (χ0n) is 11.7. The summed E-state index contributed by atoms with van der Waals surface area (Å²) < 4.78 is 5.35. The van der Waals surface area contributed by atoms with Gasteiger partial charge in [0.15, 0.2) is 0 Å². The Labute approximate surface area is 125 Å². The second-order valence-corrected chi connectivity index (χ2v) is 6.42. The van der Waals surface area contributed by atoms with Crippen molar-refractivity contribution >= 4 is 11.6 Å². The fourth-order valence-corrected chi connectivity index (χ4v) is 3.45. The largest absolute Gasteiger partial charge is 0.389 e. The highest BCUT2D eigenvalue weighted by atomic mass is 35.5. The first kappa shape index (κ1) is 14.3. The maximum absolute atomic E-state index is 9.89. The molecule has 0 bridgehead atoms. The second kappa shape index (κ2) is 6.44. The van der Waals surface area contributed by atoms with Gasteiger partial charge in [0, 0.05) is 5.02 Å². The van der Waals surface area contributed by atoms with Crippen molar-refractivity contribution in [1.29, 1.82) is 0 Å². The molecular weight excluding hydrogens is 274 g/mol. The number of aliphatic hydroxyl groups is 1. The number of piperidine rings is 1. The Morgan fingerprint density at radius 3 is 2.45 bits per heavy atom. The maximum Gasteiger partial charge on any atom is 0.0950 e. The number of aliphatic hydroxyl groups excluding tert-OH is 1. The Kier molecular flexibility index (Phi) is 4.61. The third-order valence-electron chi connectivity index (χ3n) is 4.58. The Balaban J connectivity index is 1.49. The molecule has 0 aliphatic carbocycles. The van der Waals surface area contributed by atoms with Gasteiger partial charge in [-0.3, -0.25) is 4.90 Å². The fourth-order valence-electron chi connectivity index (χ4n) is 3.32. The van der Waals surface area contributed by atoms with Crippen LogP contribution in [0.1, 0.15) is 18.4 Å². The molecule has 0 saturated carbocycles. The normalized spacial score (nSPS) is 28.9. The molecule has 2 fully saturated rings. The zero-order valence-corrected chi connectivity index (χ0v) is 12.4. The van der Waals surface area contributed by atoms with E-state index in [-0.39, 0.29) is 12.1 Å². The van der Waals surface area contributed by atoms with Gasteiger partial charge in [0.05, 0.1) is 25.4 Å². The third kappa shape index (κ3) is 3.34. The maximum atomic E-state index is 9.89. The average Bonchev–Trinajstić information content (AvgIpc) is 2.89. The molecule has 2 saturated heterocycles. The van der Waals surface area contributed by atoms with Crippen LogP contribution >= 0.6 is 11.6 Å². The molecule has 2 atom stereocenters. The van der Waals surface area contributed by atoms with Crippen LogP contribution in [0.3, 0.4) is 0 Å². The third-order valence-corrected chi connectivity index (χ3v) is 4.83. The van der Waals surface area contributed by atoms with Crippen LogP contribution in [0.15, 0.2) is 24.3 Å². The number of likely N-dealkylation sites (tertiary alicyclic amines) is 1. The molecule has 1 aromatic carbocycles. The van der Waals surface area contributed by atoms with Crippen LogP contribution < -0.4 is 0 Å². The van der Waals surface area contributed by atoms with E-state index < -0.39 is 0 Å². The molecule has 0 radical (unpaired) electrons. The van der Waals surface area contributed by atoms with E-state index in [0.29, 0.717) is 13.2 Å². The Morgan fingerprint density at radius 2 is 1.85 bits per heavy atom. The Bertz CT molecular complexity index is 429. The summed E-state index contributed by atoms with van der Waals surface area (Å²) in [5.41, 5.74) is 1.37. The van der Waals surface area contributed by atoms with E-state index in [4.69, 9.17) is 16.3 Å². The van der Waals surface area contributed by atoms with Crippen molar-refractivity contribution < 1.29 is 9.84 Å². The van der Waals surface area contributed by atoms with Gasteiger partial charge in [0.2, 0.25) is 0 Å². The second-order valence-electron chi connectivity index (χ2n) is 5.98. The van der Waals surface area contributed by atoms with Crippen molar-refractivity contribution in [3.8, 4) is 0 Å². The fraction of sp³-hybridized carbons (Fsp3) is 0.625. The van der Waals surface area contributed by atoms with Crippen LogP contribution in [-0.4, -0.2) is 48.5 Å². The molecule has 2 unspecified atom stereocenters. The van der Waals surface area contributed by atoms with E-state index in [9.17, 15) is 5.11 Å². The first-order chi connectivity index (χ1) is 9.72. The summed E-state index contributed by atoms with van der Waals surface area (Å²) >= 11 is 5.92. The number of ether oxygens (including phenoxy) is 1. The molecule has 4 heteroatoms. The van der Waals surface area contributed by atoms with Crippen molar-refractivity contribution in [2.24, 2.45) is 5.92 Å². The standard InChI is InChI=1S/C16H22ClNO2/c17-14-3-1-12(2-4-14)9-13-5-7-18(8-6-13)15-10-20-11-16(15)19/h1-4,13,15-16,19H,5-11H2. The van der Waals surface area contributed by atoms with Crippen LogP contribution in [0.4, 0.5) is 0 Å². The molecule has 2 heterocycles. The summed E-state index contributed by atoms with van der Waals surface area (Å²) in [4.78, 5) is 2.40. The lowest BCUT2D eigenvalue weighted by atomic mass is 9.89. The lowest BCUT2D eigenvalue weighted by Crippen LogP contribution is -2.47. The molecule has 2 aliphatic rings. The molecule has 1 aromatic rings. The number of nitrogens with zero attached hydrogens (tertiary/aromatic N) is 1. The molecular formula is C16H22ClNO2. The van der Waals surface area contributed by atoms with E-state index in [2.05, 4.69) is 17.0 Å². The van der Waals surface area contributed by atoms with Gasteiger partial charge in [-0.1, -0.05) is 23.7 Å². The van der Waals surface area contributed by atoms with Crippen LogP contribution in [0, 0.1) is 5.92 Å². The molecule has 2 aliphatic heterocycles. The van der Waals surface area contributed by atoms with Gasteiger partial charge >= 0.3 is 0 Å². The molecule has 0 spiro atoms. The molecule has 3 rings (SSSR count). The van der Waals surface area contributed by atoms with Gasteiger partial charge in [-0.05, 0) is 56.0 Å². The summed E-state index contributed by atoms with van der Waals surface area (Å²) in [6, 6.07) is 8.41. The molecule has 0 amide bonds. The minimum absolute atomic E-state index is 0.214. The van der Waals surface area contributed by atoms with Gasteiger partial charge in [-0.25, -0.2) is 0 Å². The number of benzene rings is 1. The summed E-state index contributed by atoms with van der Waals surface area (Å²) in [5.74, 6) is 0.742. The van der Waals surface area contributed by atoms with Gasteiger partial charge in [-0.15, -0.1) is 0 Å². The van der Waals surface area contributed by atoms with Gasteiger partial charge in [0.1, 0.15) is 0 Å². The molecule has 0 aromatic heterocycles. The Hall–Kier alpha value is -0.610. The number of rotatable bonds is 3. The van der Waals surface area contributed by atoms with Crippen LogP contribution in [-0.2, 0) is 11.2 Å². The van der Waals surface area contributed by atoms with E-state index in [1.807, 2.05) is 12.1 Å². The summed E-state index contributed by atoms with van der Waals surface area (Å²) in [5, 5.41) is 10.7. The van der Waals surface area contributed by atoms with E-state index >= 15 is 0 Å². The Morgan fingerprint density at radius 1 is 1.15 bits per heavy atom. The number of hydrogen-bond acceptors (Lipinski definition) is 3. The highest BCUT2D eigenvalue weighted by molar-refractivity contribution is 6.30. The van der Waals surface area contributed by atoms with Crippen molar-refractivity contribution in [1.82, 2.24) is 4.90 Å². The van der Waals surface area contributed by atoms with Crippen molar-refractivity contribution in [2.45, 2.75) is 31.4 Å². The molecule has 110 valence electrons. The molecule has 3 nitrogen and oxygen atoms in total. The van der Waals surface area contributed by atoms with E-state index in [0.717, 1.165) is 30.5 Å². The zero-order chi connectivity index (χ0) is 13.9. The first-order valence-corrected chi connectivity index (χ1v) is 7.84.